The Labute approximate surface area is 182 Å². The number of hydrogen-bond acceptors (Lipinski definition) is 2. The average molecular weight is 481 g/mol. The van der Waals surface area contributed by atoms with Gasteiger partial charge < -0.3 is 9.33 Å². The lowest BCUT2D eigenvalue weighted by Gasteiger charge is -2.43. The van der Waals surface area contributed by atoms with Crippen molar-refractivity contribution in [1.82, 2.24) is 0 Å². The van der Waals surface area contributed by atoms with Crippen LogP contribution in [0.4, 0.5) is 5.69 Å². The van der Waals surface area contributed by atoms with Gasteiger partial charge in [-0.3, -0.25) is 4.79 Å². The SMILES string of the molecule is CC(C)(C)[Si](C)(C)OC1Cc2cc(Br)ccc2N(C(=O)c2cccc(Cl)c2)C1. The second-order valence-corrected chi connectivity index (χ2v) is 15.0. The van der Waals surface area contributed by atoms with Crippen LogP contribution in [-0.2, 0) is 10.8 Å². The molecule has 0 spiro atoms. The maximum atomic E-state index is 13.3. The molecule has 150 valence electrons. The standard InChI is InChI=1S/C22H27BrClNO2Si/c1-22(2,3)28(4,5)27-19-13-16-11-17(23)9-10-20(16)25(14-19)21(26)15-7-6-8-18(24)12-15/h6-12,19H,13-14H2,1-5H3. The Morgan fingerprint density at radius 3 is 2.57 bits per heavy atom. The van der Waals surface area contributed by atoms with Crippen molar-refractivity contribution >= 4 is 47.4 Å². The van der Waals surface area contributed by atoms with Gasteiger partial charge in [0.2, 0.25) is 0 Å². The monoisotopic (exact) mass is 479 g/mol. The van der Waals surface area contributed by atoms with E-state index in [1.165, 1.54) is 0 Å². The van der Waals surface area contributed by atoms with E-state index < -0.39 is 8.32 Å². The molecule has 1 aliphatic heterocycles. The lowest BCUT2D eigenvalue weighted by atomic mass is 9.99. The van der Waals surface area contributed by atoms with Crippen LogP contribution in [0.1, 0.15) is 36.7 Å². The van der Waals surface area contributed by atoms with Crippen molar-refractivity contribution in [2.24, 2.45) is 0 Å². The molecule has 0 radical (unpaired) electrons. The van der Waals surface area contributed by atoms with E-state index in [9.17, 15) is 4.79 Å². The third kappa shape index (κ3) is 4.53. The van der Waals surface area contributed by atoms with Gasteiger partial charge >= 0.3 is 0 Å². The summed E-state index contributed by atoms with van der Waals surface area (Å²) in [6, 6.07) is 13.2. The smallest absolute Gasteiger partial charge is 0.258 e. The average Bonchev–Trinajstić information content (AvgIpc) is 2.58. The lowest BCUT2D eigenvalue weighted by Crippen LogP contribution is -2.50. The summed E-state index contributed by atoms with van der Waals surface area (Å²) in [6.07, 6.45) is 0.784. The number of carbonyl (C=O) groups excluding carboxylic acids is 1. The molecule has 3 nitrogen and oxygen atoms in total. The third-order valence-corrected chi connectivity index (χ3v) is 11.0. The first-order valence-electron chi connectivity index (χ1n) is 9.51. The molecule has 1 unspecified atom stereocenters. The number of carbonyl (C=O) groups is 1. The largest absolute Gasteiger partial charge is 0.412 e. The van der Waals surface area contributed by atoms with Gasteiger partial charge in [-0.25, -0.2) is 0 Å². The Morgan fingerprint density at radius 1 is 1.21 bits per heavy atom. The number of nitrogens with zero attached hydrogens (tertiary/aromatic N) is 1. The van der Waals surface area contributed by atoms with Crippen molar-refractivity contribution in [2.75, 3.05) is 11.4 Å². The Balaban J connectivity index is 1.96. The highest BCUT2D eigenvalue weighted by Gasteiger charge is 2.41. The van der Waals surface area contributed by atoms with E-state index >= 15 is 0 Å². The summed E-state index contributed by atoms with van der Waals surface area (Å²) in [4.78, 5) is 15.2. The summed E-state index contributed by atoms with van der Waals surface area (Å²) in [5.74, 6) is -0.0467. The van der Waals surface area contributed by atoms with Crippen LogP contribution in [0.3, 0.4) is 0 Å². The maximum Gasteiger partial charge on any atom is 0.258 e. The quantitative estimate of drug-likeness (QED) is 0.458. The fraction of sp³-hybridized carbons (Fsp3) is 0.409. The van der Waals surface area contributed by atoms with Crippen LogP contribution in [0.25, 0.3) is 0 Å². The molecular formula is C22H27BrClNO2Si. The van der Waals surface area contributed by atoms with Gasteiger partial charge in [0.25, 0.3) is 5.91 Å². The first kappa shape index (κ1) is 21.6. The van der Waals surface area contributed by atoms with E-state index in [-0.39, 0.29) is 17.0 Å². The van der Waals surface area contributed by atoms with Crippen molar-refractivity contribution in [3.05, 3.63) is 63.1 Å². The van der Waals surface area contributed by atoms with Crippen molar-refractivity contribution < 1.29 is 9.22 Å². The fourth-order valence-electron chi connectivity index (χ4n) is 3.23. The Morgan fingerprint density at radius 2 is 1.93 bits per heavy atom. The van der Waals surface area contributed by atoms with E-state index in [1.807, 2.05) is 29.2 Å². The number of hydrogen-bond donors (Lipinski definition) is 0. The molecule has 1 atom stereocenters. The summed E-state index contributed by atoms with van der Waals surface area (Å²) in [5, 5.41) is 0.680. The second-order valence-electron chi connectivity index (χ2n) is 8.90. The van der Waals surface area contributed by atoms with Crippen molar-refractivity contribution in [3.8, 4) is 0 Å². The van der Waals surface area contributed by atoms with Gasteiger partial charge in [-0.2, -0.15) is 0 Å². The predicted octanol–water partition coefficient (Wildman–Crippen LogP) is 6.70. The van der Waals surface area contributed by atoms with Crippen LogP contribution in [-0.4, -0.2) is 26.9 Å². The van der Waals surface area contributed by atoms with Gasteiger partial charge in [-0.1, -0.05) is 54.4 Å². The molecule has 1 heterocycles. The number of amides is 1. The van der Waals surface area contributed by atoms with Gasteiger partial charge in [-0.15, -0.1) is 0 Å². The van der Waals surface area contributed by atoms with Crippen molar-refractivity contribution in [3.63, 3.8) is 0 Å². The highest BCUT2D eigenvalue weighted by atomic mass is 79.9. The van der Waals surface area contributed by atoms with E-state index in [0.29, 0.717) is 17.1 Å². The first-order chi connectivity index (χ1) is 13.0. The van der Waals surface area contributed by atoms with E-state index in [0.717, 1.165) is 22.1 Å². The van der Waals surface area contributed by atoms with Crippen LogP contribution < -0.4 is 4.90 Å². The molecular weight excluding hydrogens is 454 g/mol. The molecule has 0 bridgehead atoms. The minimum Gasteiger partial charge on any atom is -0.412 e. The Kier molecular flexibility index (Phi) is 6.11. The summed E-state index contributed by atoms with van der Waals surface area (Å²) >= 11 is 9.68. The molecule has 0 aliphatic carbocycles. The summed E-state index contributed by atoms with van der Waals surface area (Å²) in [6.45, 7) is 11.8. The van der Waals surface area contributed by atoms with Gasteiger partial charge in [0.15, 0.2) is 8.32 Å². The van der Waals surface area contributed by atoms with Gasteiger partial charge in [0.1, 0.15) is 0 Å². The van der Waals surface area contributed by atoms with Gasteiger partial charge in [0, 0.05) is 27.2 Å². The predicted molar refractivity (Wildman–Crippen MR) is 123 cm³/mol. The van der Waals surface area contributed by atoms with E-state index in [1.54, 1.807) is 12.1 Å². The minimum atomic E-state index is -1.95. The summed E-state index contributed by atoms with van der Waals surface area (Å²) in [5.41, 5.74) is 2.66. The molecule has 2 aromatic rings. The minimum absolute atomic E-state index is 0.0224. The van der Waals surface area contributed by atoms with Crippen molar-refractivity contribution in [1.29, 1.82) is 0 Å². The Hall–Kier alpha value is -1.14. The Bertz CT molecular complexity index is 894. The summed E-state index contributed by atoms with van der Waals surface area (Å²) < 4.78 is 7.69. The molecule has 0 saturated heterocycles. The molecule has 28 heavy (non-hydrogen) atoms. The first-order valence-corrected chi connectivity index (χ1v) is 13.6. The molecule has 3 rings (SSSR count). The highest BCUT2D eigenvalue weighted by molar-refractivity contribution is 9.10. The normalized spacial score (nSPS) is 17.4. The van der Waals surface area contributed by atoms with Crippen LogP contribution in [0, 0.1) is 0 Å². The van der Waals surface area contributed by atoms with Crippen LogP contribution in [0.2, 0.25) is 23.2 Å². The van der Waals surface area contributed by atoms with E-state index in [4.69, 9.17) is 16.0 Å². The summed E-state index contributed by atoms with van der Waals surface area (Å²) in [7, 11) is -1.95. The number of benzene rings is 2. The van der Waals surface area contributed by atoms with E-state index in [2.05, 4.69) is 55.9 Å². The molecule has 0 saturated carbocycles. The number of halogens is 2. The molecule has 1 amide bonds. The maximum absolute atomic E-state index is 13.3. The molecule has 0 aromatic heterocycles. The zero-order valence-corrected chi connectivity index (χ0v) is 20.4. The van der Waals surface area contributed by atoms with Crippen LogP contribution >= 0.6 is 27.5 Å². The molecule has 2 aromatic carbocycles. The van der Waals surface area contributed by atoms with Gasteiger partial charge in [0.05, 0.1) is 12.6 Å². The number of anilines is 1. The number of fused-ring (bicyclic) bond motifs is 1. The number of rotatable bonds is 3. The van der Waals surface area contributed by atoms with Crippen LogP contribution in [0.5, 0.6) is 0 Å². The molecule has 6 heteroatoms. The molecule has 0 N–H and O–H groups in total. The van der Waals surface area contributed by atoms with Gasteiger partial charge in [-0.05, 0) is 60.1 Å². The topological polar surface area (TPSA) is 29.5 Å². The van der Waals surface area contributed by atoms with Crippen molar-refractivity contribution in [2.45, 2.75) is 51.4 Å². The highest BCUT2D eigenvalue weighted by Crippen LogP contribution is 2.39. The zero-order chi connectivity index (χ0) is 20.7. The van der Waals surface area contributed by atoms with Crippen LogP contribution in [0.15, 0.2) is 46.9 Å². The lowest BCUT2D eigenvalue weighted by molar-refractivity contribution is 0.0959. The zero-order valence-electron chi connectivity index (χ0n) is 17.1. The molecule has 0 fully saturated rings. The third-order valence-electron chi connectivity index (χ3n) is 5.75. The molecule has 1 aliphatic rings. The fourth-order valence-corrected chi connectivity index (χ4v) is 5.18. The second kappa shape index (κ2) is 7.94.